The number of quaternary nitrogens is 1. The van der Waals surface area contributed by atoms with Crippen LogP contribution in [-0.2, 0) is 19.2 Å². The van der Waals surface area contributed by atoms with Gasteiger partial charge in [0, 0.05) is 12.8 Å². The molecule has 142 valence electrons. The maximum Gasteiger partial charge on any atom is 0.370 e. The van der Waals surface area contributed by atoms with E-state index in [0.29, 0.717) is 25.6 Å². The molecule has 0 spiro atoms. The van der Waals surface area contributed by atoms with Gasteiger partial charge in [-0.3, -0.25) is 9.63 Å². The first kappa shape index (κ1) is 21.1. The first-order valence-corrected chi connectivity index (χ1v) is 8.37. The summed E-state index contributed by atoms with van der Waals surface area (Å²) in [5.74, 6) is -3.66. The molecule has 25 heavy (non-hydrogen) atoms. The number of allylic oxidation sites excluding steroid dienone is 1. The Bertz CT molecular complexity index is 545. The summed E-state index contributed by atoms with van der Waals surface area (Å²) in [6.07, 6.45) is 1.70. The molecule has 0 aliphatic carbocycles. The van der Waals surface area contributed by atoms with Crippen LogP contribution in [-0.4, -0.2) is 63.1 Å². The molecule has 0 aromatic carbocycles. The Labute approximate surface area is 147 Å². The molecule has 0 saturated carbocycles. The second kappa shape index (κ2) is 8.44. The third kappa shape index (κ3) is 6.47. The quantitative estimate of drug-likeness (QED) is 0.442. The molecule has 0 amide bonds. The van der Waals surface area contributed by atoms with E-state index >= 15 is 0 Å². The van der Waals surface area contributed by atoms with Gasteiger partial charge in [-0.25, -0.2) is 9.59 Å². The van der Waals surface area contributed by atoms with E-state index in [1.165, 1.54) is 0 Å². The van der Waals surface area contributed by atoms with Crippen molar-refractivity contribution in [3.8, 4) is 0 Å². The SMILES string of the molecule is CC(C)=CC[N+]1(OC(=O)CC(O)(CC(=O)O)C(=O)O)CCC(C)CC1. The van der Waals surface area contributed by atoms with E-state index < -0.39 is 36.4 Å². The number of hydrogen-bond donors (Lipinski definition) is 3. The highest BCUT2D eigenvalue weighted by molar-refractivity contribution is 5.88. The number of carbonyl (C=O) groups excluding carboxylic acids is 1. The summed E-state index contributed by atoms with van der Waals surface area (Å²) in [5.41, 5.74) is -1.60. The molecule has 1 aliphatic rings. The fraction of sp³-hybridized carbons (Fsp3) is 0.706. The zero-order valence-corrected chi connectivity index (χ0v) is 15.0. The van der Waals surface area contributed by atoms with Crippen LogP contribution in [0.5, 0.6) is 0 Å². The summed E-state index contributed by atoms with van der Waals surface area (Å²) < 4.78 is 0.0388. The van der Waals surface area contributed by atoms with Crippen LogP contribution in [0.3, 0.4) is 0 Å². The van der Waals surface area contributed by atoms with Crippen LogP contribution in [0.25, 0.3) is 0 Å². The molecule has 0 aromatic heterocycles. The lowest BCUT2D eigenvalue weighted by Crippen LogP contribution is -2.55. The van der Waals surface area contributed by atoms with Gasteiger partial charge in [0.05, 0.1) is 12.8 Å². The minimum Gasteiger partial charge on any atom is -0.481 e. The Kier molecular flexibility index (Phi) is 7.13. The van der Waals surface area contributed by atoms with Crippen LogP contribution in [0.4, 0.5) is 0 Å². The van der Waals surface area contributed by atoms with Gasteiger partial charge in [0.2, 0.25) is 0 Å². The normalized spacial score (nSPS) is 25.5. The number of aliphatic hydroxyl groups is 1. The van der Waals surface area contributed by atoms with Gasteiger partial charge in [-0.15, -0.1) is 4.65 Å². The van der Waals surface area contributed by atoms with Crippen molar-refractivity contribution >= 4 is 17.9 Å². The predicted octanol–water partition coefficient (Wildman–Crippen LogP) is 1.34. The lowest BCUT2D eigenvalue weighted by molar-refractivity contribution is -1.09. The van der Waals surface area contributed by atoms with E-state index in [-0.39, 0.29) is 4.65 Å². The molecule has 1 unspecified atom stereocenters. The second-order valence-corrected chi connectivity index (χ2v) is 7.20. The van der Waals surface area contributed by atoms with Crippen molar-refractivity contribution in [1.82, 2.24) is 0 Å². The van der Waals surface area contributed by atoms with Crippen molar-refractivity contribution in [3.63, 3.8) is 0 Å². The average molecular weight is 358 g/mol. The van der Waals surface area contributed by atoms with Crippen LogP contribution < -0.4 is 0 Å². The number of hydroxylamine groups is 3. The van der Waals surface area contributed by atoms with E-state index in [4.69, 9.17) is 15.1 Å². The number of aliphatic carboxylic acids is 2. The van der Waals surface area contributed by atoms with Crippen LogP contribution in [0.1, 0.15) is 46.5 Å². The lowest BCUT2D eigenvalue weighted by Gasteiger charge is -2.39. The summed E-state index contributed by atoms with van der Waals surface area (Å²) in [5, 5.41) is 27.8. The molecular weight excluding hydrogens is 330 g/mol. The molecule has 1 saturated heterocycles. The molecule has 3 N–H and O–H groups in total. The topological polar surface area (TPSA) is 121 Å². The zero-order chi connectivity index (χ0) is 19.3. The van der Waals surface area contributed by atoms with Crippen molar-refractivity contribution in [2.75, 3.05) is 19.6 Å². The number of carboxylic acid groups (broad SMARTS) is 2. The molecule has 1 fully saturated rings. The second-order valence-electron chi connectivity index (χ2n) is 7.20. The molecule has 1 atom stereocenters. The van der Waals surface area contributed by atoms with Crippen molar-refractivity contribution in [2.45, 2.75) is 52.1 Å². The van der Waals surface area contributed by atoms with Crippen molar-refractivity contribution in [2.24, 2.45) is 5.92 Å². The number of carbonyl (C=O) groups is 3. The van der Waals surface area contributed by atoms with Crippen molar-refractivity contribution in [3.05, 3.63) is 11.6 Å². The minimum atomic E-state index is -2.67. The minimum absolute atomic E-state index is 0.0388. The maximum atomic E-state index is 12.3. The fourth-order valence-corrected chi connectivity index (χ4v) is 2.78. The predicted molar refractivity (Wildman–Crippen MR) is 88.2 cm³/mol. The van der Waals surface area contributed by atoms with Crippen LogP contribution in [0.15, 0.2) is 11.6 Å². The Balaban J connectivity index is 2.88. The average Bonchev–Trinajstić information content (AvgIpc) is 2.47. The Morgan fingerprint density at radius 1 is 1.16 bits per heavy atom. The zero-order valence-electron chi connectivity index (χ0n) is 15.0. The highest BCUT2D eigenvalue weighted by Crippen LogP contribution is 2.26. The highest BCUT2D eigenvalue weighted by Gasteiger charge is 2.44. The van der Waals surface area contributed by atoms with Gasteiger partial charge < -0.3 is 15.3 Å². The van der Waals surface area contributed by atoms with Gasteiger partial charge in [0.15, 0.2) is 5.60 Å². The van der Waals surface area contributed by atoms with Gasteiger partial charge in [0.25, 0.3) is 0 Å². The largest absolute Gasteiger partial charge is 0.481 e. The summed E-state index contributed by atoms with van der Waals surface area (Å²) in [4.78, 5) is 39.8. The number of hydrogen-bond acceptors (Lipinski definition) is 5. The van der Waals surface area contributed by atoms with Gasteiger partial charge in [-0.1, -0.05) is 12.5 Å². The van der Waals surface area contributed by atoms with Gasteiger partial charge in [-0.2, -0.15) is 0 Å². The molecule has 8 nitrogen and oxygen atoms in total. The van der Waals surface area contributed by atoms with Gasteiger partial charge >= 0.3 is 17.9 Å². The van der Waals surface area contributed by atoms with E-state index in [9.17, 15) is 19.5 Å². The maximum absolute atomic E-state index is 12.3. The molecule has 0 aromatic rings. The van der Waals surface area contributed by atoms with Gasteiger partial charge in [0.1, 0.15) is 19.6 Å². The van der Waals surface area contributed by atoms with Crippen molar-refractivity contribution in [1.29, 1.82) is 0 Å². The summed E-state index contributed by atoms with van der Waals surface area (Å²) in [6, 6.07) is 0. The number of rotatable bonds is 8. The van der Waals surface area contributed by atoms with E-state index in [0.717, 1.165) is 18.4 Å². The van der Waals surface area contributed by atoms with E-state index in [2.05, 4.69) is 6.92 Å². The first-order chi connectivity index (χ1) is 11.5. The number of piperidine rings is 1. The Morgan fingerprint density at radius 2 is 1.72 bits per heavy atom. The third-order valence-corrected chi connectivity index (χ3v) is 4.47. The third-order valence-electron chi connectivity index (χ3n) is 4.47. The molecule has 1 rings (SSSR count). The molecule has 0 bridgehead atoms. The molecule has 0 radical (unpaired) electrons. The van der Waals surface area contributed by atoms with Crippen molar-refractivity contribution < 1.29 is 39.2 Å². The number of carboxylic acids is 2. The van der Waals surface area contributed by atoms with E-state index in [1.807, 2.05) is 19.9 Å². The number of likely N-dealkylation sites (tertiary alicyclic amines) is 1. The van der Waals surface area contributed by atoms with Crippen LogP contribution >= 0.6 is 0 Å². The molecule has 1 heterocycles. The Morgan fingerprint density at radius 3 is 2.16 bits per heavy atom. The molecule has 8 heteroatoms. The lowest BCUT2D eigenvalue weighted by atomic mass is 9.96. The Hall–Kier alpha value is -1.93. The molecule has 1 aliphatic heterocycles. The smallest absolute Gasteiger partial charge is 0.370 e. The standard InChI is InChI=1S/C17H27NO7/c1-12(2)4-7-18(8-5-13(3)6-9-18)25-15(21)11-17(24,16(22)23)10-14(19)20/h4,13,24H,5-11H2,1-3H3,(H-,19,20,22,23)/p+1. The van der Waals surface area contributed by atoms with Crippen LogP contribution in [0.2, 0.25) is 0 Å². The summed E-state index contributed by atoms with van der Waals surface area (Å²) in [6.45, 7) is 7.64. The number of nitrogens with zero attached hydrogens (tertiary/aromatic N) is 1. The highest BCUT2D eigenvalue weighted by atomic mass is 16.7. The first-order valence-electron chi connectivity index (χ1n) is 8.37. The van der Waals surface area contributed by atoms with Crippen LogP contribution in [0, 0.1) is 5.92 Å². The summed E-state index contributed by atoms with van der Waals surface area (Å²) in [7, 11) is 0. The molecular formula is C17H28NO7+. The van der Waals surface area contributed by atoms with E-state index in [1.54, 1.807) is 0 Å². The van der Waals surface area contributed by atoms with Gasteiger partial charge in [-0.05, 0) is 25.8 Å². The summed E-state index contributed by atoms with van der Waals surface area (Å²) >= 11 is 0. The fourth-order valence-electron chi connectivity index (χ4n) is 2.78. The monoisotopic (exact) mass is 358 g/mol.